The third-order valence-corrected chi connectivity index (χ3v) is 8.23. The van der Waals surface area contributed by atoms with Crippen molar-refractivity contribution < 1.29 is 14.4 Å². The summed E-state index contributed by atoms with van der Waals surface area (Å²) in [5.74, 6) is -0.0649. The second kappa shape index (κ2) is 8.13. The molecule has 1 aliphatic heterocycles. The van der Waals surface area contributed by atoms with E-state index in [9.17, 15) is 14.4 Å². The number of imide groups is 1. The van der Waals surface area contributed by atoms with E-state index in [1.165, 1.54) is 0 Å². The van der Waals surface area contributed by atoms with Crippen LogP contribution in [0.15, 0.2) is 30.5 Å². The molecule has 1 spiro atoms. The maximum absolute atomic E-state index is 13.5. The maximum Gasteiger partial charge on any atom is 0.325 e. The molecule has 1 aromatic carbocycles. The van der Waals surface area contributed by atoms with Gasteiger partial charge in [0.25, 0.3) is 5.91 Å². The van der Waals surface area contributed by atoms with Crippen LogP contribution in [0.4, 0.5) is 9.93 Å². The van der Waals surface area contributed by atoms with Gasteiger partial charge in [-0.05, 0) is 49.7 Å². The van der Waals surface area contributed by atoms with E-state index in [2.05, 4.69) is 17.2 Å². The highest BCUT2D eigenvalue weighted by atomic mass is 32.1. The molecule has 0 bridgehead atoms. The zero-order chi connectivity index (χ0) is 23.3. The standard InChI is InChI=1S/C24H29N5O3S/c1-15(16-8-9-16)28(13-18-12-25-23(33-18)27(2)3)20(30)14-29-21(31)24(26-22(29)32)11-10-17-6-4-5-7-19(17)24/h4-7,12,15-16H,8-11,13-14H2,1-3H3,(H,26,32)/t15-,24?/m0/s1. The molecule has 9 heteroatoms. The van der Waals surface area contributed by atoms with Gasteiger partial charge in [-0.15, -0.1) is 11.3 Å². The molecule has 0 radical (unpaired) electrons. The Balaban J connectivity index is 1.36. The highest BCUT2D eigenvalue weighted by Crippen LogP contribution is 2.41. The van der Waals surface area contributed by atoms with Crippen molar-refractivity contribution in [1.29, 1.82) is 0 Å². The van der Waals surface area contributed by atoms with E-state index in [0.29, 0.717) is 18.9 Å². The van der Waals surface area contributed by atoms with Crippen LogP contribution in [0, 0.1) is 5.92 Å². The highest BCUT2D eigenvalue weighted by molar-refractivity contribution is 7.15. The monoisotopic (exact) mass is 467 g/mol. The van der Waals surface area contributed by atoms with Crippen LogP contribution < -0.4 is 10.2 Å². The largest absolute Gasteiger partial charge is 0.354 e. The first-order valence-corrected chi connectivity index (χ1v) is 12.3. The first kappa shape index (κ1) is 21.9. The molecule has 3 aliphatic rings. The van der Waals surface area contributed by atoms with E-state index in [0.717, 1.165) is 45.3 Å². The number of nitrogens with zero attached hydrogens (tertiary/aromatic N) is 4. The number of anilines is 1. The molecule has 2 heterocycles. The van der Waals surface area contributed by atoms with E-state index in [4.69, 9.17) is 0 Å². The average molecular weight is 468 g/mol. The summed E-state index contributed by atoms with van der Waals surface area (Å²) < 4.78 is 0. The Kier molecular flexibility index (Phi) is 5.39. The van der Waals surface area contributed by atoms with Crippen LogP contribution in [0.25, 0.3) is 0 Å². The number of aryl methyl sites for hydroxylation is 1. The fourth-order valence-electron chi connectivity index (χ4n) is 5.00. The molecular weight excluding hydrogens is 438 g/mol. The Bertz CT molecular complexity index is 1110. The molecule has 1 aromatic heterocycles. The second-order valence-corrected chi connectivity index (χ2v) is 10.6. The minimum atomic E-state index is -1.04. The van der Waals surface area contributed by atoms with Crippen molar-refractivity contribution in [2.24, 2.45) is 5.92 Å². The fourth-order valence-corrected chi connectivity index (χ4v) is 5.83. The summed E-state index contributed by atoms with van der Waals surface area (Å²) in [5.41, 5.74) is 0.881. The van der Waals surface area contributed by atoms with Crippen molar-refractivity contribution >= 4 is 34.3 Å². The third-order valence-electron chi connectivity index (χ3n) is 7.08. The minimum Gasteiger partial charge on any atom is -0.354 e. The van der Waals surface area contributed by atoms with Gasteiger partial charge in [-0.2, -0.15) is 0 Å². The van der Waals surface area contributed by atoms with Gasteiger partial charge in [0, 0.05) is 31.2 Å². The van der Waals surface area contributed by atoms with Gasteiger partial charge < -0.3 is 15.1 Å². The van der Waals surface area contributed by atoms with E-state index in [1.54, 1.807) is 17.5 Å². The minimum absolute atomic E-state index is 0.0457. The Morgan fingerprint density at radius 2 is 2.06 bits per heavy atom. The van der Waals surface area contributed by atoms with Gasteiger partial charge >= 0.3 is 6.03 Å². The quantitative estimate of drug-likeness (QED) is 0.633. The summed E-state index contributed by atoms with van der Waals surface area (Å²) in [4.78, 5) is 50.1. The van der Waals surface area contributed by atoms with Crippen LogP contribution in [-0.4, -0.2) is 59.3 Å². The molecule has 174 valence electrons. The zero-order valence-corrected chi connectivity index (χ0v) is 20.0. The van der Waals surface area contributed by atoms with Crippen molar-refractivity contribution in [3.05, 3.63) is 46.5 Å². The van der Waals surface area contributed by atoms with Crippen LogP contribution >= 0.6 is 11.3 Å². The molecule has 2 aromatic rings. The summed E-state index contributed by atoms with van der Waals surface area (Å²) >= 11 is 1.55. The third kappa shape index (κ3) is 3.78. The van der Waals surface area contributed by atoms with Crippen LogP contribution in [0.2, 0.25) is 0 Å². The molecule has 8 nitrogen and oxygen atoms in total. The van der Waals surface area contributed by atoms with Gasteiger partial charge in [-0.3, -0.25) is 14.5 Å². The van der Waals surface area contributed by atoms with Gasteiger partial charge in [-0.25, -0.2) is 9.78 Å². The summed E-state index contributed by atoms with van der Waals surface area (Å²) in [5, 5.41) is 3.79. The van der Waals surface area contributed by atoms with Gasteiger partial charge in [0.1, 0.15) is 12.1 Å². The smallest absolute Gasteiger partial charge is 0.325 e. The SMILES string of the molecule is C[C@@H](C1CC1)N(Cc1cnc(N(C)C)s1)C(=O)CN1C(=O)NC2(CCc3ccccc32)C1=O. The Morgan fingerprint density at radius 1 is 1.30 bits per heavy atom. The average Bonchev–Trinajstić information content (AvgIpc) is 3.36. The molecule has 1 N–H and O–H groups in total. The maximum atomic E-state index is 13.5. The number of carbonyl (C=O) groups excluding carboxylic acids is 3. The van der Waals surface area contributed by atoms with E-state index < -0.39 is 11.6 Å². The number of carbonyl (C=O) groups is 3. The number of fused-ring (bicyclic) bond motifs is 2. The van der Waals surface area contributed by atoms with Crippen LogP contribution in [0.1, 0.15) is 42.2 Å². The molecule has 1 saturated carbocycles. The van der Waals surface area contributed by atoms with Gasteiger partial charge in [0.15, 0.2) is 5.13 Å². The van der Waals surface area contributed by atoms with Gasteiger partial charge in [0.05, 0.1) is 6.54 Å². The lowest BCUT2D eigenvalue weighted by molar-refractivity contribution is -0.141. The molecule has 2 aliphatic carbocycles. The molecule has 1 unspecified atom stereocenters. The number of urea groups is 1. The number of rotatable bonds is 7. The van der Waals surface area contributed by atoms with Crippen molar-refractivity contribution in [3.8, 4) is 0 Å². The molecule has 1 saturated heterocycles. The summed E-state index contributed by atoms with van der Waals surface area (Å²) in [7, 11) is 3.87. The number of thiazole rings is 1. The zero-order valence-electron chi connectivity index (χ0n) is 19.2. The Morgan fingerprint density at radius 3 is 2.76 bits per heavy atom. The van der Waals surface area contributed by atoms with Gasteiger partial charge in [0.2, 0.25) is 5.91 Å². The van der Waals surface area contributed by atoms with Crippen LogP contribution in [0.5, 0.6) is 0 Å². The van der Waals surface area contributed by atoms with E-state index >= 15 is 0 Å². The molecule has 5 rings (SSSR count). The summed E-state index contributed by atoms with van der Waals surface area (Å²) in [6.07, 6.45) is 5.25. The normalized spacial score (nSPS) is 22.5. The van der Waals surface area contributed by atoms with Crippen molar-refractivity contribution in [3.63, 3.8) is 0 Å². The number of hydrogen-bond acceptors (Lipinski definition) is 6. The number of benzene rings is 1. The molecular formula is C24H29N5O3S. The molecule has 33 heavy (non-hydrogen) atoms. The van der Waals surface area contributed by atoms with Gasteiger partial charge in [-0.1, -0.05) is 24.3 Å². The van der Waals surface area contributed by atoms with E-state index in [-0.39, 0.29) is 24.4 Å². The number of amides is 4. The van der Waals surface area contributed by atoms with Crippen molar-refractivity contribution in [2.45, 2.75) is 50.7 Å². The Hall–Kier alpha value is -2.94. The van der Waals surface area contributed by atoms with Crippen molar-refractivity contribution in [2.75, 3.05) is 25.5 Å². The Labute approximate surface area is 197 Å². The summed E-state index contributed by atoms with van der Waals surface area (Å²) in [6, 6.07) is 7.28. The summed E-state index contributed by atoms with van der Waals surface area (Å²) in [6.45, 7) is 2.24. The lowest BCUT2D eigenvalue weighted by Crippen LogP contribution is -2.47. The van der Waals surface area contributed by atoms with Crippen LogP contribution in [-0.2, 0) is 28.1 Å². The first-order valence-electron chi connectivity index (χ1n) is 11.4. The predicted octanol–water partition coefficient (Wildman–Crippen LogP) is 2.73. The fraction of sp³-hybridized carbons (Fsp3) is 0.500. The number of nitrogens with one attached hydrogen (secondary N) is 1. The predicted molar refractivity (Wildman–Crippen MR) is 126 cm³/mol. The highest BCUT2D eigenvalue weighted by Gasteiger charge is 2.55. The lowest BCUT2D eigenvalue weighted by atomic mass is 9.92. The molecule has 2 atom stereocenters. The second-order valence-electron chi connectivity index (χ2n) is 9.49. The van der Waals surface area contributed by atoms with Crippen LogP contribution in [0.3, 0.4) is 0 Å². The van der Waals surface area contributed by atoms with E-state index in [1.807, 2.05) is 48.2 Å². The number of hydrogen-bond donors (Lipinski definition) is 1. The molecule has 4 amide bonds. The lowest BCUT2D eigenvalue weighted by Gasteiger charge is -2.30. The molecule has 2 fully saturated rings. The van der Waals surface area contributed by atoms with Crippen molar-refractivity contribution in [1.82, 2.24) is 20.1 Å². The first-order chi connectivity index (χ1) is 15.8. The topological polar surface area (TPSA) is 85.8 Å². The number of aromatic nitrogens is 1.